The summed E-state index contributed by atoms with van der Waals surface area (Å²) in [6.07, 6.45) is 2.07. The van der Waals surface area contributed by atoms with Gasteiger partial charge in [-0.15, -0.1) is 0 Å². The highest BCUT2D eigenvalue weighted by atomic mass is 19.1. The molecule has 1 heterocycles. The van der Waals surface area contributed by atoms with E-state index in [2.05, 4.69) is 15.8 Å². The number of fused-ring (bicyclic) bond motifs is 1. The number of amides is 2. The number of furan rings is 1. The molecular weight excluding hydrogens is 377 g/mol. The van der Waals surface area contributed by atoms with Gasteiger partial charge < -0.3 is 14.5 Å². The smallest absolute Gasteiger partial charge is 0.287 e. The fourth-order valence-corrected chi connectivity index (χ4v) is 3.40. The molecule has 8 heteroatoms. The molecule has 7 nitrogen and oxygen atoms in total. The Morgan fingerprint density at radius 3 is 2.76 bits per heavy atom. The number of hydrogen-bond donors (Lipinski definition) is 2. The fourth-order valence-electron chi connectivity index (χ4n) is 3.40. The second-order valence-electron chi connectivity index (χ2n) is 7.02. The van der Waals surface area contributed by atoms with Gasteiger partial charge in [0.15, 0.2) is 5.76 Å². The molecule has 1 aromatic carbocycles. The van der Waals surface area contributed by atoms with Gasteiger partial charge in [-0.05, 0) is 38.8 Å². The van der Waals surface area contributed by atoms with Gasteiger partial charge in [0.25, 0.3) is 11.8 Å². The SMILES string of the molecule is COCC(C)NC(=O)c1oc2c(c1C)/C(=N/NC(=O)c1ccccc1F)CCC2. The largest absolute Gasteiger partial charge is 0.455 e. The molecule has 0 radical (unpaired) electrons. The van der Waals surface area contributed by atoms with Crippen LogP contribution in [0.2, 0.25) is 0 Å². The Bertz CT molecular complexity index is 951. The number of nitrogens with zero attached hydrogens (tertiary/aromatic N) is 1. The summed E-state index contributed by atoms with van der Waals surface area (Å²) in [5.74, 6) is -0.672. The highest BCUT2D eigenvalue weighted by Gasteiger charge is 2.28. The summed E-state index contributed by atoms with van der Waals surface area (Å²) in [6, 6.07) is 5.54. The predicted molar refractivity (Wildman–Crippen MR) is 106 cm³/mol. The molecule has 0 spiro atoms. The van der Waals surface area contributed by atoms with Crippen molar-refractivity contribution in [3.05, 3.63) is 58.3 Å². The highest BCUT2D eigenvalue weighted by molar-refractivity contribution is 6.07. The number of rotatable bonds is 6. The molecular formula is C21H24FN3O4. The molecule has 1 unspecified atom stereocenters. The minimum atomic E-state index is -0.629. The molecule has 0 bridgehead atoms. The third-order valence-electron chi connectivity index (χ3n) is 4.74. The summed E-state index contributed by atoms with van der Waals surface area (Å²) in [4.78, 5) is 24.8. The van der Waals surface area contributed by atoms with Crippen LogP contribution < -0.4 is 10.7 Å². The normalized spacial score (nSPS) is 15.7. The van der Waals surface area contributed by atoms with Crippen LogP contribution in [-0.2, 0) is 11.2 Å². The number of hydrogen-bond acceptors (Lipinski definition) is 5. The number of methoxy groups -OCH3 is 1. The molecule has 0 aliphatic heterocycles. The van der Waals surface area contributed by atoms with Crippen LogP contribution >= 0.6 is 0 Å². The topological polar surface area (TPSA) is 92.9 Å². The van der Waals surface area contributed by atoms with Gasteiger partial charge in [-0.2, -0.15) is 5.10 Å². The first-order valence-electron chi connectivity index (χ1n) is 9.46. The van der Waals surface area contributed by atoms with Crippen molar-refractivity contribution in [1.82, 2.24) is 10.7 Å². The van der Waals surface area contributed by atoms with Crippen LogP contribution in [0.5, 0.6) is 0 Å². The lowest BCUT2D eigenvalue weighted by Crippen LogP contribution is -2.35. The molecule has 1 atom stereocenters. The number of nitrogens with one attached hydrogen (secondary N) is 2. The van der Waals surface area contributed by atoms with E-state index >= 15 is 0 Å². The first kappa shape index (κ1) is 20.7. The number of carbonyl (C=O) groups is 2. The van der Waals surface area contributed by atoms with Gasteiger partial charge in [-0.3, -0.25) is 9.59 Å². The molecule has 2 N–H and O–H groups in total. The van der Waals surface area contributed by atoms with E-state index in [0.717, 1.165) is 12.0 Å². The van der Waals surface area contributed by atoms with Crippen LogP contribution in [0.1, 0.15) is 57.6 Å². The Hall–Kier alpha value is -3.00. The van der Waals surface area contributed by atoms with Gasteiger partial charge in [0.1, 0.15) is 11.6 Å². The van der Waals surface area contributed by atoms with E-state index < -0.39 is 11.7 Å². The van der Waals surface area contributed by atoms with Gasteiger partial charge in [-0.1, -0.05) is 12.1 Å². The minimum absolute atomic E-state index is 0.0796. The lowest BCUT2D eigenvalue weighted by Gasteiger charge is -2.13. The number of aryl methyl sites for hydroxylation is 1. The monoisotopic (exact) mass is 401 g/mol. The van der Waals surface area contributed by atoms with Gasteiger partial charge in [0.05, 0.1) is 17.9 Å². The highest BCUT2D eigenvalue weighted by Crippen LogP contribution is 2.30. The third-order valence-corrected chi connectivity index (χ3v) is 4.74. The van der Waals surface area contributed by atoms with Crippen molar-refractivity contribution in [1.29, 1.82) is 0 Å². The maximum Gasteiger partial charge on any atom is 0.287 e. The van der Waals surface area contributed by atoms with Crippen LogP contribution in [0.15, 0.2) is 33.8 Å². The molecule has 0 saturated heterocycles. The second kappa shape index (κ2) is 9.00. The van der Waals surface area contributed by atoms with Gasteiger partial charge in [0.2, 0.25) is 0 Å². The third kappa shape index (κ3) is 4.54. The van der Waals surface area contributed by atoms with E-state index in [9.17, 15) is 14.0 Å². The maximum atomic E-state index is 13.8. The molecule has 1 aliphatic carbocycles. The fraction of sp³-hybridized carbons (Fsp3) is 0.381. The molecule has 1 aliphatic rings. The van der Waals surface area contributed by atoms with Crippen molar-refractivity contribution in [2.75, 3.05) is 13.7 Å². The van der Waals surface area contributed by atoms with Gasteiger partial charge in [0, 0.05) is 30.7 Å². The summed E-state index contributed by atoms with van der Waals surface area (Å²) in [6.45, 7) is 4.02. The molecule has 3 rings (SSSR count). The van der Waals surface area contributed by atoms with Gasteiger partial charge in [-0.25, -0.2) is 9.82 Å². The molecule has 2 amide bonds. The van der Waals surface area contributed by atoms with Crippen molar-refractivity contribution in [3.8, 4) is 0 Å². The number of benzene rings is 1. The number of carbonyl (C=O) groups excluding carboxylic acids is 2. The lowest BCUT2D eigenvalue weighted by molar-refractivity contribution is 0.0874. The Morgan fingerprint density at radius 1 is 1.28 bits per heavy atom. The summed E-state index contributed by atoms with van der Waals surface area (Å²) in [5, 5.41) is 7.04. The molecule has 2 aromatic rings. The Balaban J connectivity index is 1.82. The van der Waals surface area contributed by atoms with E-state index in [-0.39, 0.29) is 23.3 Å². The molecule has 0 fully saturated rings. The van der Waals surface area contributed by atoms with E-state index in [0.29, 0.717) is 36.5 Å². The summed E-state index contributed by atoms with van der Waals surface area (Å²) < 4.78 is 24.6. The average molecular weight is 401 g/mol. The van der Waals surface area contributed by atoms with Crippen molar-refractivity contribution >= 4 is 17.5 Å². The lowest BCUT2D eigenvalue weighted by atomic mass is 9.93. The standard InChI is InChI=1S/C21H24FN3O4/c1-12(11-28-3)23-21(27)19-13(2)18-16(9-6-10-17(18)29-19)24-25-20(26)14-7-4-5-8-15(14)22/h4-5,7-8,12H,6,9-11H2,1-3H3,(H,23,27)(H,25,26)/b24-16+. The number of hydrazone groups is 1. The van der Waals surface area contributed by atoms with E-state index in [4.69, 9.17) is 9.15 Å². The second-order valence-corrected chi connectivity index (χ2v) is 7.02. The zero-order valence-corrected chi connectivity index (χ0v) is 16.7. The summed E-state index contributed by atoms with van der Waals surface area (Å²) in [7, 11) is 1.57. The Labute approximate surface area is 168 Å². The van der Waals surface area contributed by atoms with Crippen LogP contribution in [0.4, 0.5) is 4.39 Å². The van der Waals surface area contributed by atoms with Crippen LogP contribution in [0.3, 0.4) is 0 Å². The van der Waals surface area contributed by atoms with Crippen molar-refractivity contribution in [2.45, 2.75) is 39.2 Å². The van der Waals surface area contributed by atoms with E-state index in [1.807, 2.05) is 6.92 Å². The van der Waals surface area contributed by atoms with Crippen molar-refractivity contribution < 1.29 is 23.1 Å². The number of ether oxygens (including phenoxy) is 1. The summed E-state index contributed by atoms with van der Waals surface area (Å²) >= 11 is 0. The van der Waals surface area contributed by atoms with Crippen LogP contribution in [0.25, 0.3) is 0 Å². The molecule has 1 aromatic heterocycles. The zero-order chi connectivity index (χ0) is 21.0. The number of halogens is 1. The van der Waals surface area contributed by atoms with Crippen LogP contribution in [-0.4, -0.2) is 37.3 Å². The quantitative estimate of drug-likeness (QED) is 0.728. The first-order chi connectivity index (χ1) is 13.9. The average Bonchev–Trinajstić information content (AvgIpc) is 3.04. The zero-order valence-electron chi connectivity index (χ0n) is 16.7. The van der Waals surface area contributed by atoms with E-state index in [1.165, 1.54) is 18.2 Å². The minimum Gasteiger partial charge on any atom is -0.455 e. The Kier molecular flexibility index (Phi) is 6.43. The molecule has 29 heavy (non-hydrogen) atoms. The Morgan fingerprint density at radius 2 is 2.03 bits per heavy atom. The maximum absolute atomic E-state index is 13.8. The van der Waals surface area contributed by atoms with Crippen molar-refractivity contribution in [3.63, 3.8) is 0 Å². The molecule has 154 valence electrons. The first-order valence-corrected chi connectivity index (χ1v) is 9.46. The van der Waals surface area contributed by atoms with E-state index in [1.54, 1.807) is 20.1 Å². The van der Waals surface area contributed by atoms with Crippen LogP contribution in [0, 0.1) is 12.7 Å². The van der Waals surface area contributed by atoms with Gasteiger partial charge >= 0.3 is 0 Å². The molecule has 0 saturated carbocycles. The predicted octanol–water partition coefficient (Wildman–Crippen LogP) is 2.96. The van der Waals surface area contributed by atoms with Crippen molar-refractivity contribution in [2.24, 2.45) is 5.10 Å². The summed E-state index contributed by atoms with van der Waals surface area (Å²) in [5.41, 5.74) is 4.35.